The van der Waals surface area contributed by atoms with Gasteiger partial charge in [0.2, 0.25) is 0 Å². The van der Waals surface area contributed by atoms with Crippen molar-refractivity contribution >= 4 is 11.9 Å². The number of esters is 2. The molecule has 1 rings (SSSR count). The second-order valence-corrected chi connectivity index (χ2v) is 14.8. The van der Waals surface area contributed by atoms with Gasteiger partial charge < -0.3 is 39.4 Å². The summed E-state index contributed by atoms with van der Waals surface area (Å²) in [6.07, 6.45) is 29.0. The van der Waals surface area contributed by atoms with Gasteiger partial charge in [0.25, 0.3) is 0 Å². The Morgan fingerprint density at radius 3 is 1.49 bits per heavy atom. The van der Waals surface area contributed by atoms with Crippen LogP contribution in [0.2, 0.25) is 0 Å². The Hall–Kier alpha value is -1.82. The van der Waals surface area contributed by atoms with Crippen LogP contribution in [-0.4, -0.2) is 89.0 Å². The minimum absolute atomic E-state index is 0.209. The van der Waals surface area contributed by atoms with Gasteiger partial charge in [0.1, 0.15) is 31.0 Å². The lowest BCUT2D eigenvalue weighted by molar-refractivity contribution is -0.305. The molecule has 6 atom stereocenters. The molecule has 0 aromatic heterocycles. The first-order valence-corrected chi connectivity index (χ1v) is 21.4. The zero-order valence-corrected chi connectivity index (χ0v) is 33.5. The fraction of sp³-hybridized carbons (Fsp3) is 0.860. The van der Waals surface area contributed by atoms with Crippen molar-refractivity contribution in [1.82, 2.24) is 0 Å². The van der Waals surface area contributed by atoms with Gasteiger partial charge in [-0.3, -0.25) is 9.59 Å². The summed E-state index contributed by atoms with van der Waals surface area (Å²) in [5, 5.41) is 40.0. The number of allylic oxidation sites excluding steroid dienone is 4. The van der Waals surface area contributed by atoms with E-state index in [1.54, 1.807) is 0 Å². The lowest BCUT2D eigenvalue weighted by Crippen LogP contribution is -2.59. The van der Waals surface area contributed by atoms with Gasteiger partial charge in [-0.1, -0.05) is 128 Å². The third-order valence-corrected chi connectivity index (χ3v) is 9.81. The highest BCUT2D eigenvalue weighted by Gasteiger charge is 2.44. The standard InChI is InChI=1S/C43H78O10/c1-3-5-7-9-11-13-15-17-18-20-21-23-25-27-29-31-38(45)50-34-36(35-51-43-42(49)41(48)40(47)37(33-44)53-43)52-39(46)32-30-28-26-24-22-19-16-14-12-10-8-6-4-2/h17-19,22,36-37,40-44,47-49H,3-16,20-21,23-35H2,1-2H3/b18-17+,22-19+/t36-,37-,40+,41?,42?,43-/m0/s1. The maximum absolute atomic E-state index is 12.7. The minimum Gasteiger partial charge on any atom is -0.462 e. The zero-order valence-electron chi connectivity index (χ0n) is 33.5. The van der Waals surface area contributed by atoms with Crippen LogP contribution in [0.4, 0.5) is 0 Å². The highest BCUT2D eigenvalue weighted by molar-refractivity contribution is 5.70. The van der Waals surface area contributed by atoms with Crippen molar-refractivity contribution in [1.29, 1.82) is 0 Å². The van der Waals surface area contributed by atoms with Gasteiger partial charge in [-0.15, -0.1) is 0 Å². The molecule has 0 amide bonds. The molecule has 0 spiro atoms. The first-order chi connectivity index (χ1) is 25.8. The molecule has 1 aliphatic rings. The Labute approximate surface area is 322 Å². The smallest absolute Gasteiger partial charge is 0.306 e. The molecule has 10 heteroatoms. The van der Waals surface area contributed by atoms with Gasteiger partial charge in [0, 0.05) is 12.8 Å². The zero-order chi connectivity index (χ0) is 38.8. The van der Waals surface area contributed by atoms with Crippen LogP contribution < -0.4 is 0 Å². The fourth-order valence-corrected chi connectivity index (χ4v) is 6.35. The molecule has 0 aromatic rings. The predicted molar refractivity (Wildman–Crippen MR) is 210 cm³/mol. The molecule has 2 unspecified atom stereocenters. The van der Waals surface area contributed by atoms with E-state index in [1.807, 2.05) is 0 Å². The quantitative estimate of drug-likeness (QED) is 0.0281. The molecule has 0 radical (unpaired) electrons. The van der Waals surface area contributed by atoms with E-state index in [0.29, 0.717) is 12.8 Å². The number of rotatable bonds is 35. The van der Waals surface area contributed by atoms with Crippen LogP contribution in [0.1, 0.15) is 181 Å². The van der Waals surface area contributed by atoms with Crippen molar-refractivity contribution in [2.75, 3.05) is 19.8 Å². The Morgan fingerprint density at radius 2 is 1.00 bits per heavy atom. The number of ether oxygens (including phenoxy) is 4. The summed E-state index contributed by atoms with van der Waals surface area (Å²) in [5.74, 6) is -0.833. The highest BCUT2D eigenvalue weighted by Crippen LogP contribution is 2.22. The predicted octanol–water partition coefficient (Wildman–Crippen LogP) is 8.55. The van der Waals surface area contributed by atoms with Crippen LogP contribution in [-0.2, 0) is 28.5 Å². The molecule has 4 N–H and O–H groups in total. The summed E-state index contributed by atoms with van der Waals surface area (Å²) >= 11 is 0. The molecule has 310 valence electrons. The second-order valence-electron chi connectivity index (χ2n) is 14.8. The van der Waals surface area contributed by atoms with Gasteiger partial charge in [-0.2, -0.15) is 0 Å². The molecule has 0 saturated carbocycles. The van der Waals surface area contributed by atoms with Gasteiger partial charge >= 0.3 is 11.9 Å². The molecule has 1 saturated heterocycles. The van der Waals surface area contributed by atoms with Gasteiger partial charge in [-0.05, 0) is 64.2 Å². The molecule has 0 aliphatic carbocycles. The second kappa shape index (κ2) is 34.7. The molecular weight excluding hydrogens is 676 g/mol. The summed E-state index contributed by atoms with van der Waals surface area (Å²) in [5.41, 5.74) is 0. The van der Waals surface area contributed by atoms with Crippen LogP contribution in [0.15, 0.2) is 24.3 Å². The molecule has 1 heterocycles. The van der Waals surface area contributed by atoms with Crippen LogP contribution in [0.3, 0.4) is 0 Å². The number of carbonyl (C=O) groups is 2. The van der Waals surface area contributed by atoms with Crippen LogP contribution in [0, 0.1) is 0 Å². The maximum Gasteiger partial charge on any atom is 0.306 e. The Bertz CT molecular complexity index is 923. The van der Waals surface area contributed by atoms with E-state index in [1.165, 1.54) is 83.5 Å². The minimum atomic E-state index is -1.60. The SMILES string of the molecule is CCCCCCCC/C=C/CCCCCCCC(=O)OC[C@@H](CO[C@H]1O[C@@H](CO)[C@@H](O)C(O)C1O)OC(=O)CCCCC/C=C/CCCCCCCC. The number of hydrogen-bond acceptors (Lipinski definition) is 10. The Kier molecular flexibility index (Phi) is 32.2. The Balaban J connectivity index is 2.37. The van der Waals surface area contributed by atoms with Crippen LogP contribution in [0.5, 0.6) is 0 Å². The van der Waals surface area contributed by atoms with Crippen molar-refractivity contribution in [3.8, 4) is 0 Å². The largest absolute Gasteiger partial charge is 0.462 e. The number of carbonyl (C=O) groups excluding carboxylic acids is 2. The summed E-state index contributed by atoms with van der Waals surface area (Å²) in [6.45, 7) is 3.38. The van der Waals surface area contributed by atoms with Crippen molar-refractivity contribution in [2.24, 2.45) is 0 Å². The van der Waals surface area contributed by atoms with E-state index >= 15 is 0 Å². The van der Waals surface area contributed by atoms with Crippen LogP contribution in [0.25, 0.3) is 0 Å². The summed E-state index contributed by atoms with van der Waals surface area (Å²) in [4.78, 5) is 25.2. The topological polar surface area (TPSA) is 152 Å². The summed E-state index contributed by atoms with van der Waals surface area (Å²) in [6, 6.07) is 0. The summed E-state index contributed by atoms with van der Waals surface area (Å²) < 4.78 is 22.1. The lowest BCUT2D eigenvalue weighted by atomic mass is 9.99. The molecular formula is C43H78O10. The van der Waals surface area contributed by atoms with E-state index in [-0.39, 0.29) is 32.0 Å². The third kappa shape index (κ3) is 26.6. The molecule has 1 fully saturated rings. The number of aliphatic hydroxyl groups is 4. The highest BCUT2D eigenvalue weighted by atomic mass is 16.7. The van der Waals surface area contributed by atoms with E-state index in [4.69, 9.17) is 18.9 Å². The number of aliphatic hydroxyl groups excluding tert-OH is 4. The van der Waals surface area contributed by atoms with Gasteiger partial charge in [0.05, 0.1) is 13.2 Å². The molecule has 0 bridgehead atoms. The third-order valence-electron chi connectivity index (χ3n) is 9.81. The average molecular weight is 755 g/mol. The normalized spacial score (nSPS) is 21.1. The van der Waals surface area contributed by atoms with E-state index in [0.717, 1.165) is 57.8 Å². The molecule has 0 aromatic carbocycles. The first kappa shape index (κ1) is 49.2. The first-order valence-electron chi connectivity index (χ1n) is 21.4. The van der Waals surface area contributed by atoms with E-state index < -0.39 is 49.4 Å². The summed E-state index contributed by atoms with van der Waals surface area (Å²) in [7, 11) is 0. The van der Waals surface area contributed by atoms with Crippen molar-refractivity contribution in [2.45, 2.75) is 218 Å². The maximum atomic E-state index is 12.7. The van der Waals surface area contributed by atoms with E-state index in [9.17, 15) is 30.0 Å². The molecule has 1 aliphatic heterocycles. The van der Waals surface area contributed by atoms with Crippen molar-refractivity contribution in [3.63, 3.8) is 0 Å². The number of hydrogen-bond donors (Lipinski definition) is 4. The average Bonchev–Trinajstić information content (AvgIpc) is 3.15. The van der Waals surface area contributed by atoms with Crippen molar-refractivity contribution in [3.05, 3.63) is 24.3 Å². The number of unbranched alkanes of at least 4 members (excludes halogenated alkanes) is 20. The van der Waals surface area contributed by atoms with Gasteiger partial charge in [0.15, 0.2) is 12.4 Å². The fourth-order valence-electron chi connectivity index (χ4n) is 6.35. The molecule has 53 heavy (non-hydrogen) atoms. The Morgan fingerprint density at radius 1 is 0.566 bits per heavy atom. The molecule has 10 nitrogen and oxygen atoms in total. The van der Waals surface area contributed by atoms with Crippen LogP contribution >= 0.6 is 0 Å². The van der Waals surface area contributed by atoms with E-state index in [2.05, 4.69) is 38.2 Å². The lowest BCUT2D eigenvalue weighted by Gasteiger charge is -2.39. The van der Waals surface area contributed by atoms with Crippen molar-refractivity contribution < 1.29 is 49.0 Å². The van der Waals surface area contributed by atoms with Gasteiger partial charge in [-0.25, -0.2) is 0 Å². The monoisotopic (exact) mass is 755 g/mol.